The van der Waals surface area contributed by atoms with Crippen molar-refractivity contribution in [3.8, 4) is 28.3 Å². The van der Waals surface area contributed by atoms with E-state index in [0.717, 1.165) is 44.9 Å². The summed E-state index contributed by atoms with van der Waals surface area (Å²) in [6.07, 6.45) is 1.03. The van der Waals surface area contributed by atoms with Gasteiger partial charge in [0.2, 0.25) is 0 Å². The average Bonchev–Trinajstić information content (AvgIpc) is 3.19. The minimum atomic E-state index is 0.251. The Bertz CT molecular complexity index is 1070. The van der Waals surface area contributed by atoms with Gasteiger partial charge in [0, 0.05) is 28.1 Å². The summed E-state index contributed by atoms with van der Waals surface area (Å²) in [5.74, 6) is 0. The summed E-state index contributed by atoms with van der Waals surface area (Å²) in [4.78, 5) is 1.14. The van der Waals surface area contributed by atoms with E-state index >= 15 is 0 Å². The Morgan fingerprint density at radius 2 is 1.69 bits per heavy atom. The summed E-state index contributed by atoms with van der Waals surface area (Å²) >= 11 is 1.68. The van der Waals surface area contributed by atoms with E-state index in [1.165, 1.54) is 5.56 Å². The highest BCUT2D eigenvalue weighted by Gasteiger charge is 2.25. The van der Waals surface area contributed by atoms with Crippen LogP contribution in [-0.2, 0) is 6.42 Å². The third-order valence-corrected chi connectivity index (χ3v) is 5.77. The molecule has 0 aliphatic carbocycles. The van der Waals surface area contributed by atoms with E-state index in [9.17, 15) is 5.26 Å². The predicted octanol–water partition coefficient (Wildman–Crippen LogP) is 7.96. The molecule has 2 nitrogen and oxygen atoms in total. The third kappa shape index (κ3) is 4.13. The van der Waals surface area contributed by atoms with Crippen molar-refractivity contribution in [3.05, 3.63) is 70.4 Å². The van der Waals surface area contributed by atoms with Gasteiger partial charge in [-0.2, -0.15) is 5.26 Å². The lowest BCUT2D eigenvalue weighted by Crippen LogP contribution is -2.09. The monoisotopic (exact) mass is 400 g/mol. The van der Waals surface area contributed by atoms with Gasteiger partial charge in [0.1, 0.15) is 0 Å². The minimum Gasteiger partial charge on any atom is -0.354 e. The van der Waals surface area contributed by atoms with E-state index < -0.39 is 0 Å². The molecule has 0 saturated carbocycles. The van der Waals surface area contributed by atoms with Crippen molar-refractivity contribution in [3.63, 3.8) is 0 Å². The maximum Gasteiger partial charge on any atom is 0.0998 e. The van der Waals surface area contributed by atoms with Crippen LogP contribution in [0.5, 0.6) is 0 Å². The quantitative estimate of drug-likeness (QED) is 0.473. The molecule has 0 radical (unpaired) electrons. The number of thiophene rings is 1. The molecule has 4 rings (SSSR count). The summed E-state index contributed by atoms with van der Waals surface area (Å²) in [6, 6.07) is 17.1. The summed E-state index contributed by atoms with van der Waals surface area (Å²) in [7, 11) is 0. The van der Waals surface area contributed by atoms with Crippen LogP contribution >= 0.6 is 11.3 Å². The maximum atomic E-state index is 9.75. The Balaban J connectivity index is 0.00000117. The highest BCUT2D eigenvalue weighted by molar-refractivity contribution is 7.11. The summed E-state index contributed by atoms with van der Waals surface area (Å²) in [5.41, 5.74) is 8.53. The van der Waals surface area contributed by atoms with Crippen molar-refractivity contribution in [2.45, 2.75) is 41.0 Å². The molecular formula is C26H28N2S. The number of hydrogen-bond donors (Lipinski definition) is 1. The Morgan fingerprint density at radius 3 is 2.31 bits per heavy atom. The van der Waals surface area contributed by atoms with Crippen molar-refractivity contribution in [2.75, 3.05) is 5.32 Å². The zero-order valence-electron chi connectivity index (χ0n) is 17.9. The predicted molar refractivity (Wildman–Crippen MR) is 127 cm³/mol. The van der Waals surface area contributed by atoms with Crippen molar-refractivity contribution >= 4 is 22.7 Å². The van der Waals surface area contributed by atoms with Gasteiger partial charge in [-0.25, -0.2) is 0 Å². The van der Waals surface area contributed by atoms with Crippen LogP contribution in [0, 0.1) is 16.7 Å². The molecule has 0 spiro atoms. The van der Waals surface area contributed by atoms with E-state index in [0.29, 0.717) is 5.56 Å². The number of nitrogens with zero attached hydrogens (tertiary/aromatic N) is 1. The van der Waals surface area contributed by atoms with Crippen molar-refractivity contribution < 1.29 is 0 Å². The van der Waals surface area contributed by atoms with Crippen LogP contribution in [0.25, 0.3) is 28.0 Å². The first-order valence-electron chi connectivity index (χ1n) is 10.1. The van der Waals surface area contributed by atoms with Crippen LogP contribution in [0.3, 0.4) is 0 Å². The van der Waals surface area contributed by atoms with Crippen LogP contribution in [0.15, 0.2) is 54.4 Å². The molecule has 0 fully saturated rings. The van der Waals surface area contributed by atoms with E-state index in [2.05, 4.69) is 74.4 Å². The molecule has 3 aromatic rings. The van der Waals surface area contributed by atoms with Gasteiger partial charge in [0.05, 0.1) is 16.5 Å². The molecule has 1 aliphatic rings. The molecular weight excluding hydrogens is 372 g/mol. The number of nitriles is 1. The molecule has 1 aliphatic heterocycles. The van der Waals surface area contributed by atoms with Crippen LogP contribution in [0.4, 0.5) is 5.69 Å². The number of benzene rings is 2. The molecule has 0 bridgehead atoms. The first-order chi connectivity index (χ1) is 13.9. The molecule has 3 heteroatoms. The molecule has 2 aromatic carbocycles. The highest BCUT2D eigenvalue weighted by atomic mass is 32.1. The lowest BCUT2D eigenvalue weighted by atomic mass is 9.85. The van der Waals surface area contributed by atoms with Gasteiger partial charge in [0.25, 0.3) is 0 Å². The maximum absolute atomic E-state index is 9.75. The molecule has 0 saturated heterocycles. The van der Waals surface area contributed by atoms with Crippen molar-refractivity contribution in [1.29, 1.82) is 5.26 Å². The second-order valence-electron chi connectivity index (χ2n) is 8.22. The average molecular weight is 401 g/mol. The Hall–Kier alpha value is -2.83. The topological polar surface area (TPSA) is 35.8 Å². The second-order valence-corrected chi connectivity index (χ2v) is 9.14. The first-order valence-corrected chi connectivity index (χ1v) is 11.0. The zero-order chi connectivity index (χ0) is 21.2. The molecule has 1 N–H and O–H groups in total. The number of nitrogens with one attached hydrogen (secondary N) is 1. The molecule has 1 aromatic heterocycles. The van der Waals surface area contributed by atoms with Crippen LogP contribution in [-0.4, -0.2) is 0 Å². The number of anilines is 1. The Morgan fingerprint density at radius 1 is 1.00 bits per heavy atom. The fourth-order valence-corrected chi connectivity index (χ4v) is 4.57. The van der Waals surface area contributed by atoms with Crippen LogP contribution in [0.2, 0.25) is 0 Å². The largest absolute Gasteiger partial charge is 0.354 e. The summed E-state index contributed by atoms with van der Waals surface area (Å²) in [5, 5.41) is 15.3. The summed E-state index contributed by atoms with van der Waals surface area (Å²) < 4.78 is 0. The molecule has 0 amide bonds. The van der Waals surface area contributed by atoms with Crippen LogP contribution in [0.1, 0.15) is 50.6 Å². The van der Waals surface area contributed by atoms with Gasteiger partial charge in [-0.05, 0) is 46.5 Å². The zero-order valence-corrected chi connectivity index (χ0v) is 18.7. The van der Waals surface area contributed by atoms with Gasteiger partial charge in [-0.1, -0.05) is 65.5 Å². The molecule has 2 heterocycles. The molecule has 148 valence electrons. The van der Waals surface area contributed by atoms with E-state index in [-0.39, 0.29) is 5.41 Å². The van der Waals surface area contributed by atoms with Crippen LogP contribution < -0.4 is 5.32 Å². The number of rotatable bonds is 2. The van der Waals surface area contributed by atoms with Gasteiger partial charge in [0.15, 0.2) is 0 Å². The smallest absolute Gasteiger partial charge is 0.0998 e. The number of hydrogen-bond acceptors (Lipinski definition) is 3. The number of fused-ring (bicyclic) bond motifs is 3. The van der Waals surface area contributed by atoms with Crippen molar-refractivity contribution in [2.24, 2.45) is 5.41 Å². The van der Waals surface area contributed by atoms with Gasteiger partial charge in [-0.15, -0.1) is 11.3 Å². The lowest BCUT2D eigenvalue weighted by molar-refractivity contribution is 0.411. The van der Waals surface area contributed by atoms with Gasteiger partial charge >= 0.3 is 0 Å². The van der Waals surface area contributed by atoms with E-state index in [4.69, 9.17) is 0 Å². The minimum absolute atomic E-state index is 0.251. The molecule has 0 atom stereocenters. The normalized spacial score (nSPS) is 12.1. The second kappa shape index (κ2) is 8.27. The van der Waals surface area contributed by atoms with E-state index in [1.54, 1.807) is 11.3 Å². The highest BCUT2D eigenvalue weighted by Crippen LogP contribution is 2.48. The SMILES string of the molecule is C=C1Nc2ccc(C#N)c(-c3ccc(CC(C)(C)C)cc3)c2-c2ccsc21.CC. The first kappa shape index (κ1) is 20.9. The van der Waals surface area contributed by atoms with Crippen molar-refractivity contribution in [1.82, 2.24) is 0 Å². The Kier molecular flexibility index (Phi) is 5.96. The fourth-order valence-electron chi connectivity index (χ4n) is 3.74. The van der Waals surface area contributed by atoms with Gasteiger partial charge < -0.3 is 5.32 Å². The Labute approximate surface area is 178 Å². The third-order valence-electron chi connectivity index (χ3n) is 4.80. The van der Waals surface area contributed by atoms with Gasteiger partial charge in [-0.3, -0.25) is 0 Å². The molecule has 29 heavy (non-hydrogen) atoms. The lowest BCUT2D eigenvalue weighted by Gasteiger charge is -2.24. The molecule has 0 unspecified atom stereocenters. The standard InChI is InChI=1S/C24H22N2S.C2H6/c1-15-23-19(11-12-27-23)22-20(26-15)10-9-18(14-25)21(22)17-7-5-16(6-8-17)13-24(2,3)4;1-2/h5-12,26H,1,13H2,2-4H3;1-2H3. The fraction of sp³-hybridized carbons (Fsp3) is 0.269. The van der Waals surface area contributed by atoms with E-state index in [1.807, 2.05) is 26.0 Å². The summed E-state index contributed by atoms with van der Waals surface area (Å²) in [6.45, 7) is 14.9.